The van der Waals surface area contributed by atoms with Crippen LogP contribution in [0.5, 0.6) is 5.75 Å². The normalized spacial score (nSPS) is 10.4. The van der Waals surface area contributed by atoms with Crippen LogP contribution in [-0.2, 0) is 11.3 Å². The lowest BCUT2D eigenvalue weighted by Gasteiger charge is -2.14. The lowest BCUT2D eigenvalue weighted by Crippen LogP contribution is -2.14. The number of hydrogen-bond donors (Lipinski definition) is 1. The van der Waals surface area contributed by atoms with E-state index in [4.69, 9.17) is 21.1 Å². The van der Waals surface area contributed by atoms with E-state index in [1.54, 1.807) is 30.6 Å². The van der Waals surface area contributed by atoms with Gasteiger partial charge in [0.15, 0.2) is 0 Å². The number of aryl methyl sites for hydroxylation is 2. The Morgan fingerprint density at radius 3 is 2.47 bits per heavy atom. The average Bonchev–Trinajstić information content (AvgIpc) is 2.74. The first-order valence-corrected chi connectivity index (χ1v) is 9.59. The third kappa shape index (κ3) is 4.96. The highest BCUT2D eigenvalue weighted by atomic mass is 35.5. The van der Waals surface area contributed by atoms with Crippen molar-refractivity contribution in [2.24, 2.45) is 0 Å². The monoisotopic (exact) mass is 424 g/mol. The zero-order valence-electron chi connectivity index (χ0n) is 16.9. The number of anilines is 1. The summed E-state index contributed by atoms with van der Waals surface area (Å²) in [5.41, 5.74) is 3.75. The van der Waals surface area contributed by atoms with E-state index in [1.165, 1.54) is 19.2 Å². The summed E-state index contributed by atoms with van der Waals surface area (Å²) >= 11 is 6.03. The molecular weight excluding hydrogens is 404 g/mol. The van der Waals surface area contributed by atoms with Crippen LogP contribution < -0.4 is 10.1 Å². The fourth-order valence-corrected chi connectivity index (χ4v) is 3.22. The van der Waals surface area contributed by atoms with E-state index in [2.05, 4.69) is 10.3 Å². The third-order valence-electron chi connectivity index (χ3n) is 4.46. The van der Waals surface area contributed by atoms with Gasteiger partial charge in [0.05, 0.1) is 17.7 Å². The van der Waals surface area contributed by atoms with Crippen molar-refractivity contribution in [1.82, 2.24) is 4.98 Å². The van der Waals surface area contributed by atoms with Crippen LogP contribution in [0.3, 0.4) is 0 Å². The molecule has 2 aromatic carbocycles. The van der Waals surface area contributed by atoms with E-state index in [-0.39, 0.29) is 16.5 Å². The van der Waals surface area contributed by atoms with Crippen molar-refractivity contribution in [1.29, 1.82) is 0 Å². The first kappa shape index (κ1) is 21.3. The van der Waals surface area contributed by atoms with E-state index in [0.717, 1.165) is 22.4 Å². The van der Waals surface area contributed by atoms with E-state index < -0.39 is 5.97 Å². The van der Waals surface area contributed by atoms with Crippen LogP contribution in [0.2, 0.25) is 5.02 Å². The molecule has 0 bridgehead atoms. The fourth-order valence-electron chi connectivity index (χ4n) is 3.02. The van der Waals surface area contributed by atoms with Crippen LogP contribution in [0.1, 0.15) is 37.4 Å². The second-order valence-electron chi connectivity index (χ2n) is 6.73. The molecule has 0 radical (unpaired) electrons. The molecule has 1 aromatic heterocycles. The van der Waals surface area contributed by atoms with Gasteiger partial charge < -0.3 is 14.8 Å². The topological polar surface area (TPSA) is 77.5 Å². The van der Waals surface area contributed by atoms with Gasteiger partial charge in [-0.2, -0.15) is 0 Å². The summed E-state index contributed by atoms with van der Waals surface area (Å²) in [5, 5.41) is 3.03. The number of halogens is 1. The molecule has 0 unspecified atom stereocenters. The zero-order valence-corrected chi connectivity index (χ0v) is 17.6. The molecule has 1 heterocycles. The van der Waals surface area contributed by atoms with E-state index in [9.17, 15) is 9.59 Å². The standard InChI is InChI=1S/C23H21ClN2O4/c1-14-9-17(10-15(2)21(14)30-13-16-5-4-8-25-12-16)22(27)26-18-6-7-20(24)19(11-18)23(28)29-3/h4-12H,13H2,1-3H3,(H,26,27). The smallest absolute Gasteiger partial charge is 0.339 e. The first-order chi connectivity index (χ1) is 14.4. The number of nitrogens with zero attached hydrogens (tertiary/aromatic N) is 1. The molecule has 0 saturated carbocycles. The predicted molar refractivity (Wildman–Crippen MR) is 115 cm³/mol. The van der Waals surface area contributed by atoms with E-state index in [0.29, 0.717) is 17.9 Å². The van der Waals surface area contributed by atoms with Gasteiger partial charge in [0.25, 0.3) is 5.91 Å². The molecular formula is C23H21ClN2O4. The number of methoxy groups -OCH3 is 1. The number of aromatic nitrogens is 1. The molecule has 0 aliphatic carbocycles. The Balaban J connectivity index is 1.76. The maximum atomic E-state index is 12.7. The number of hydrogen-bond acceptors (Lipinski definition) is 5. The van der Waals surface area contributed by atoms with Crippen molar-refractivity contribution >= 4 is 29.2 Å². The first-order valence-electron chi connectivity index (χ1n) is 9.21. The van der Waals surface area contributed by atoms with Gasteiger partial charge in [-0.1, -0.05) is 17.7 Å². The minimum Gasteiger partial charge on any atom is -0.488 e. The Kier molecular flexibility index (Phi) is 6.69. The summed E-state index contributed by atoms with van der Waals surface area (Å²) in [6.45, 7) is 4.17. The molecule has 0 aliphatic rings. The lowest BCUT2D eigenvalue weighted by molar-refractivity contribution is 0.0600. The van der Waals surface area contributed by atoms with Gasteiger partial charge in [-0.05, 0) is 61.4 Å². The number of ether oxygens (including phenoxy) is 2. The molecule has 6 nitrogen and oxygen atoms in total. The largest absolute Gasteiger partial charge is 0.488 e. The maximum absolute atomic E-state index is 12.7. The molecule has 3 rings (SSSR count). The summed E-state index contributed by atoms with van der Waals surface area (Å²) in [6, 6.07) is 12.0. The molecule has 1 N–H and O–H groups in total. The molecule has 0 fully saturated rings. The van der Waals surface area contributed by atoms with Crippen molar-refractivity contribution in [3.05, 3.63) is 87.7 Å². The van der Waals surface area contributed by atoms with Gasteiger partial charge in [0, 0.05) is 29.2 Å². The van der Waals surface area contributed by atoms with Crippen LogP contribution in [0.25, 0.3) is 0 Å². The zero-order chi connectivity index (χ0) is 21.7. The number of nitrogens with one attached hydrogen (secondary N) is 1. The van der Waals surface area contributed by atoms with Crippen molar-refractivity contribution in [2.45, 2.75) is 20.5 Å². The second-order valence-corrected chi connectivity index (χ2v) is 7.14. The Labute approximate surface area is 179 Å². The van der Waals surface area contributed by atoms with Crippen molar-refractivity contribution in [3.8, 4) is 5.75 Å². The van der Waals surface area contributed by atoms with E-state index in [1.807, 2.05) is 26.0 Å². The highest BCUT2D eigenvalue weighted by Crippen LogP contribution is 2.27. The Morgan fingerprint density at radius 1 is 1.10 bits per heavy atom. The molecule has 0 atom stereocenters. The lowest BCUT2D eigenvalue weighted by atomic mass is 10.0. The molecule has 0 aliphatic heterocycles. The Morgan fingerprint density at radius 2 is 1.83 bits per heavy atom. The summed E-state index contributed by atoms with van der Waals surface area (Å²) in [7, 11) is 1.27. The maximum Gasteiger partial charge on any atom is 0.339 e. The molecule has 30 heavy (non-hydrogen) atoms. The van der Waals surface area contributed by atoms with Gasteiger partial charge in [-0.3, -0.25) is 9.78 Å². The highest BCUT2D eigenvalue weighted by molar-refractivity contribution is 6.33. The quantitative estimate of drug-likeness (QED) is 0.565. The van der Waals surface area contributed by atoms with Gasteiger partial charge in [-0.25, -0.2) is 4.79 Å². The molecule has 0 saturated heterocycles. The van der Waals surface area contributed by atoms with Crippen LogP contribution in [0, 0.1) is 13.8 Å². The van der Waals surface area contributed by atoms with Gasteiger partial charge in [-0.15, -0.1) is 0 Å². The van der Waals surface area contributed by atoms with Crippen LogP contribution in [0.4, 0.5) is 5.69 Å². The molecule has 1 amide bonds. The van der Waals surface area contributed by atoms with Gasteiger partial charge in [0.1, 0.15) is 12.4 Å². The van der Waals surface area contributed by atoms with Crippen molar-refractivity contribution < 1.29 is 19.1 Å². The van der Waals surface area contributed by atoms with Crippen molar-refractivity contribution in [3.63, 3.8) is 0 Å². The number of pyridine rings is 1. The van der Waals surface area contributed by atoms with E-state index >= 15 is 0 Å². The number of rotatable bonds is 6. The number of esters is 1. The fraction of sp³-hybridized carbons (Fsp3) is 0.174. The van der Waals surface area contributed by atoms with Gasteiger partial charge >= 0.3 is 5.97 Å². The summed E-state index contributed by atoms with van der Waals surface area (Å²) in [5.74, 6) is -0.147. The van der Waals surface area contributed by atoms with Crippen LogP contribution >= 0.6 is 11.6 Å². The van der Waals surface area contributed by atoms with Crippen LogP contribution in [0.15, 0.2) is 54.9 Å². The summed E-state index contributed by atoms with van der Waals surface area (Å²) in [4.78, 5) is 28.6. The third-order valence-corrected chi connectivity index (χ3v) is 4.79. The molecule has 0 spiro atoms. The second kappa shape index (κ2) is 9.41. The molecule has 154 valence electrons. The minimum absolute atomic E-state index is 0.184. The van der Waals surface area contributed by atoms with Crippen LogP contribution in [-0.4, -0.2) is 24.0 Å². The van der Waals surface area contributed by atoms with Crippen molar-refractivity contribution in [2.75, 3.05) is 12.4 Å². The number of carbonyl (C=O) groups excluding carboxylic acids is 2. The number of amides is 1. The Bertz CT molecular complexity index is 1060. The molecule has 3 aromatic rings. The van der Waals surface area contributed by atoms with Gasteiger partial charge in [0.2, 0.25) is 0 Å². The Hall–Kier alpha value is -3.38. The highest BCUT2D eigenvalue weighted by Gasteiger charge is 2.15. The summed E-state index contributed by atoms with van der Waals surface area (Å²) < 4.78 is 10.6. The number of benzene rings is 2. The predicted octanol–water partition coefficient (Wildman–Crippen LogP) is 4.97. The minimum atomic E-state index is -0.571. The molecule has 7 heteroatoms. The SMILES string of the molecule is COC(=O)c1cc(NC(=O)c2cc(C)c(OCc3cccnc3)c(C)c2)ccc1Cl. The average molecular weight is 425 g/mol. The summed E-state index contributed by atoms with van der Waals surface area (Å²) in [6.07, 6.45) is 3.46. The number of carbonyl (C=O) groups is 2.